The van der Waals surface area contributed by atoms with Gasteiger partial charge in [-0.3, -0.25) is 9.59 Å². The Bertz CT molecular complexity index is 918. The van der Waals surface area contributed by atoms with E-state index in [0.29, 0.717) is 0 Å². The number of alkyl carbamates (subject to hydrolysis) is 1. The lowest BCUT2D eigenvalue weighted by molar-refractivity contribution is -0.137. The number of anilines is 2. The van der Waals surface area contributed by atoms with E-state index in [0.717, 1.165) is 23.8 Å². The zero-order valence-corrected chi connectivity index (χ0v) is 16.7. The molecule has 10 heteroatoms. The Morgan fingerprint density at radius 3 is 2.32 bits per heavy atom. The Balaban J connectivity index is 1.82. The van der Waals surface area contributed by atoms with Crippen molar-refractivity contribution < 1.29 is 32.3 Å². The highest BCUT2D eigenvalue weighted by atomic mass is 19.4. The van der Waals surface area contributed by atoms with Gasteiger partial charge in [0.05, 0.1) is 16.9 Å². The largest absolute Gasteiger partial charge is 0.445 e. The number of rotatable bonds is 8. The molecule has 0 spiro atoms. The quantitative estimate of drug-likeness (QED) is 0.536. The Labute approximate surface area is 177 Å². The highest BCUT2D eigenvalue weighted by Gasteiger charge is 2.31. The molecule has 0 saturated carbocycles. The Morgan fingerprint density at radius 1 is 0.968 bits per heavy atom. The first-order valence-corrected chi connectivity index (χ1v) is 9.38. The number of hydrogen-bond acceptors (Lipinski definition) is 4. The van der Waals surface area contributed by atoms with E-state index in [1.807, 2.05) is 18.2 Å². The maximum absolute atomic E-state index is 12.9. The first-order valence-electron chi connectivity index (χ1n) is 9.38. The van der Waals surface area contributed by atoms with Crippen molar-refractivity contribution in [3.63, 3.8) is 0 Å². The van der Waals surface area contributed by atoms with Crippen LogP contribution >= 0.6 is 0 Å². The van der Waals surface area contributed by atoms with Gasteiger partial charge in [-0.25, -0.2) is 4.79 Å². The summed E-state index contributed by atoms with van der Waals surface area (Å²) in [5.41, 5.74) is -0.241. The SMILES string of the molecule is CC(=O)Nc1ccc(C(F)(F)F)cc1NC(=O)CCCNC(=O)OCc1ccccc1. The van der Waals surface area contributed by atoms with E-state index in [2.05, 4.69) is 16.0 Å². The van der Waals surface area contributed by atoms with Crippen LogP contribution in [0.1, 0.15) is 30.9 Å². The Morgan fingerprint density at radius 2 is 1.68 bits per heavy atom. The summed E-state index contributed by atoms with van der Waals surface area (Å²) in [6.07, 6.45) is -5.07. The molecule has 3 N–H and O–H groups in total. The molecule has 0 radical (unpaired) electrons. The second-order valence-electron chi connectivity index (χ2n) is 6.58. The number of carbonyl (C=O) groups is 3. The summed E-state index contributed by atoms with van der Waals surface area (Å²) in [6, 6.07) is 11.7. The van der Waals surface area contributed by atoms with E-state index in [1.54, 1.807) is 12.1 Å². The van der Waals surface area contributed by atoms with E-state index in [9.17, 15) is 27.6 Å². The van der Waals surface area contributed by atoms with Gasteiger partial charge in [-0.2, -0.15) is 13.2 Å². The van der Waals surface area contributed by atoms with Crippen molar-refractivity contribution in [1.29, 1.82) is 0 Å². The van der Waals surface area contributed by atoms with Crippen molar-refractivity contribution >= 4 is 29.3 Å². The molecule has 2 aromatic rings. The molecule has 0 unspecified atom stereocenters. The molecule has 0 saturated heterocycles. The fourth-order valence-electron chi connectivity index (χ4n) is 2.55. The van der Waals surface area contributed by atoms with Gasteiger partial charge in [0.15, 0.2) is 0 Å². The number of nitrogens with one attached hydrogen (secondary N) is 3. The Kier molecular flexibility index (Phi) is 8.42. The van der Waals surface area contributed by atoms with Gasteiger partial charge in [0.1, 0.15) is 6.61 Å². The van der Waals surface area contributed by atoms with Crippen LogP contribution in [0.15, 0.2) is 48.5 Å². The lowest BCUT2D eigenvalue weighted by Gasteiger charge is -2.15. The number of ether oxygens (including phenoxy) is 1. The van der Waals surface area contributed by atoms with Crippen molar-refractivity contribution in [2.75, 3.05) is 17.2 Å². The molecule has 0 bridgehead atoms. The molecule has 0 fully saturated rings. The van der Waals surface area contributed by atoms with Gasteiger partial charge in [-0.05, 0) is 30.2 Å². The van der Waals surface area contributed by atoms with Crippen LogP contribution in [0, 0.1) is 0 Å². The summed E-state index contributed by atoms with van der Waals surface area (Å²) in [5, 5.41) is 7.23. The zero-order valence-electron chi connectivity index (χ0n) is 16.7. The molecule has 0 aliphatic carbocycles. The second kappa shape index (κ2) is 11.0. The number of benzene rings is 2. The summed E-state index contributed by atoms with van der Waals surface area (Å²) >= 11 is 0. The molecule has 0 heterocycles. The molecule has 2 rings (SSSR count). The van der Waals surface area contributed by atoms with E-state index < -0.39 is 29.6 Å². The Hall–Kier alpha value is -3.56. The molecular formula is C21H22F3N3O4. The van der Waals surface area contributed by atoms with Gasteiger partial charge in [-0.1, -0.05) is 30.3 Å². The minimum atomic E-state index is -4.60. The number of amides is 3. The summed E-state index contributed by atoms with van der Waals surface area (Å²) in [7, 11) is 0. The normalized spacial score (nSPS) is 10.8. The molecule has 0 aromatic heterocycles. The molecule has 2 aromatic carbocycles. The lowest BCUT2D eigenvalue weighted by Crippen LogP contribution is -2.26. The van der Waals surface area contributed by atoms with E-state index in [1.165, 1.54) is 6.92 Å². The highest BCUT2D eigenvalue weighted by Crippen LogP contribution is 2.34. The van der Waals surface area contributed by atoms with Gasteiger partial charge in [-0.15, -0.1) is 0 Å². The van der Waals surface area contributed by atoms with Crippen molar-refractivity contribution in [1.82, 2.24) is 5.32 Å². The monoisotopic (exact) mass is 437 g/mol. The van der Waals surface area contributed by atoms with Gasteiger partial charge < -0.3 is 20.7 Å². The molecule has 3 amide bonds. The molecule has 7 nitrogen and oxygen atoms in total. The van der Waals surface area contributed by atoms with Crippen LogP contribution in [0.4, 0.5) is 29.3 Å². The predicted molar refractivity (Wildman–Crippen MR) is 108 cm³/mol. The maximum atomic E-state index is 12.9. The van der Waals surface area contributed by atoms with Crippen LogP contribution < -0.4 is 16.0 Å². The number of alkyl halides is 3. The van der Waals surface area contributed by atoms with Crippen LogP contribution in [0.5, 0.6) is 0 Å². The standard InChI is InChI=1S/C21H22F3N3O4/c1-14(28)26-17-10-9-16(21(22,23)24)12-18(17)27-19(29)8-5-11-25-20(30)31-13-15-6-3-2-4-7-15/h2-4,6-7,9-10,12H,5,8,11,13H2,1H3,(H,25,30)(H,26,28)(H,27,29). The number of hydrogen-bond donors (Lipinski definition) is 3. The molecule has 0 aliphatic rings. The summed E-state index contributed by atoms with van der Waals surface area (Å²) in [6.45, 7) is 1.45. The fraction of sp³-hybridized carbons (Fsp3) is 0.286. The van der Waals surface area contributed by atoms with E-state index in [-0.39, 0.29) is 37.4 Å². The van der Waals surface area contributed by atoms with Crippen LogP contribution in [0.2, 0.25) is 0 Å². The summed E-state index contributed by atoms with van der Waals surface area (Å²) in [5.74, 6) is -1.06. The minimum Gasteiger partial charge on any atom is -0.445 e. The topological polar surface area (TPSA) is 96.5 Å². The van der Waals surface area contributed by atoms with Crippen LogP contribution in [-0.2, 0) is 27.1 Å². The molecule has 0 atom stereocenters. The average Bonchev–Trinajstić information content (AvgIpc) is 2.70. The first kappa shape index (κ1) is 23.7. The lowest BCUT2D eigenvalue weighted by atomic mass is 10.1. The predicted octanol–water partition coefficient (Wildman–Crippen LogP) is 4.31. The molecule has 166 valence electrons. The van der Waals surface area contributed by atoms with Gasteiger partial charge >= 0.3 is 12.3 Å². The number of halogens is 3. The van der Waals surface area contributed by atoms with Gasteiger partial charge in [0.25, 0.3) is 0 Å². The molecular weight excluding hydrogens is 415 g/mol. The smallest absolute Gasteiger partial charge is 0.416 e. The third-order valence-corrected chi connectivity index (χ3v) is 3.99. The van der Waals surface area contributed by atoms with Crippen LogP contribution in [0.3, 0.4) is 0 Å². The average molecular weight is 437 g/mol. The van der Waals surface area contributed by atoms with Crippen LogP contribution in [-0.4, -0.2) is 24.5 Å². The summed E-state index contributed by atoms with van der Waals surface area (Å²) in [4.78, 5) is 35.0. The van der Waals surface area contributed by atoms with Crippen molar-refractivity contribution in [3.8, 4) is 0 Å². The fourth-order valence-corrected chi connectivity index (χ4v) is 2.55. The molecule has 31 heavy (non-hydrogen) atoms. The van der Waals surface area contributed by atoms with Crippen molar-refractivity contribution in [2.24, 2.45) is 0 Å². The van der Waals surface area contributed by atoms with Crippen molar-refractivity contribution in [2.45, 2.75) is 32.5 Å². The van der Waals surface area contributed by atoms with E-state index >= 15 is 0 Å². The van der Waals surface area contributed by atoms with Gasteiger partial charge in [0, 0.05) is 19.9 Å². The first-order chi connectivity index (χ1) is 14.6. The minimum absolute atomic E-state index is 0.0523. The van der Waals surface area contributed by atoms with E-state index in [4.69, 9.17) is 4.74 Å². The third kappa shape index (κ3) is 8.37. The third-order valence-electron chi connectivity index (χ3n) is 3.99. The number of carbonyl (C=O) groups excluding carboxylic acids is 3. The van der Waals surface area contributed by atoms with Gasteiger partial charge in [0.2, 0.25) is 11.8 Å². The maximum Gasteiger partial charge on any atom is 0.416 e. The summed E-state index contributed by atoms with van der Waals surface area (Å²) < 4.78 is 43.9. The van der Waals surface area contributed by atoms with Crippen molar-refractivity contribution in [3.05, 3.63) is 59.7 Å². The molecule has 0 aliphatic heterocycles. The zero-order chi connectivity index (χ0) is 22.9. The second-order valence-corrected chi connectivity index (χ2v) is 6.58. The van der Waals surface area contributed by atoms with Crippen LogP contribution in [0.25, 0.3) is 0 Å². The highest BCUT2D eigenvalue weighted by molar-refractivity contribution is 5.99.